The summed E-state index contributed by atoms with van der Waals surface area (Å²) in [6, 6.07) is 16.9. The van der Waals surface area contributed by atoms with E-state index in [1.165, 1.54) is 5.56 Å². The molecule has 0 spiro atoms. The SMILES string of the molecule is C[C@@H](CNC(=O)c1ccc(NC(=O)C2=CSCCO2)cc1)c1ccccc1. The van der Waals surface area contributed by atoms with Crippen LogP contribution in [0.1, 0.15) is 28.8 Å². The van der Waals surface area contributed by atoms with Crippen molar-refractivity contribution in [2.24, 2.45) is 0 Å². The lowest BCUT2D eigenvalue weighted by Crippen LogP contribution is -2.27. The van der Waals surface area contributed by atoms with Crippen LogP contribution in [0.4, 0.5) is 5.69 Å². The fraction of sp³-hybridized carbons (Fsp3) is 0.238. The maximum atomic E-state index is 12.3. The summed E-state index contributed by atoms with van der Waals surface area (Å²) in [5, 5.41) is 7.44. The molecule has 0 saturated carbocycles. The van der Waals surface area contributed by atoms with Crippen LogP contribution in [-0.2, 0) is 9.53 Å². The van der Waals surface area contributed by atoms with Crippen LogP contribution < -0.4 is 10.6 Å². The third kappa shape index (κ3) is 5.37. The van der Waals surface area contributed by atoms with E-state index in [0.29, 0.717) is 30.2 Å². The molecule has 1 atom stereocenters. The fourth-order valence-corrected chi connectivity index (χ4v) is 3.26. The molecule has 0 radical (unpaired) electrons. The molecule has 0 bridgehead atoms. The van der Waals surface area contributed by atoms with E-state index < -0.39 is 0 Å². The van der Waals surface area contributed by atoms with Crippen LogP contribution in [0.25, 0.3) is 0 Å². The summed E-state index contributed by atoms with van der Waals surface area (Å²) in [6.45, 7) is 3.17. The van der Waals surface area contributed by atoms with Crippen molar-refractivity contribution in [3.05, 3.63) is 76.9 Å². The largest absolute Gasteiger partial charge is 0.487 e. The van der Waals surface area contributed by atoms with E-state index in [9.17, 15) is 9.59 Å². The lowest BCUT2D eigenvalue weighted by Gasteiger charge is -2.14. The molecule has 0 aromatic heterocycles. The second kappa shape index (κ2) is 9.28. The van der Waals surface area contributed by atoms with Gasteiger partial charge in [0.1, 0.15) is 0 Å². The van der Waals surface area contributed by atoms with Crippen molar-refractivity contribution >= 4 is 29.3 Å². The molecule has 0 unspecified atom stereocenters. The molecule has 2 amide bonds. The Morgan fingerprint density at radius 2 is 1.81 bits per heavy atom. The molecule has 5 nitrogen and oxygen atoms in total. The van der Waals surface area contributed by atoms with Gasteiger partial charge in [-0.05, 0) is 35.7 Å². The molecule has 2 N–H and O–H groups in total. The summed E-state index contributed by atoms with van der Waals surface area (Å²) in [5.41, 5.74) is 2.36. The third-order valence-electron chi connectivity index (χ3n) is 4.22. The van der Waals surface area contributed by atoms with Crippen molar-refractivity contribution in [3.63, 3.8) is 0 Å². The van der Waals surface area contributed by atoms with Gasteiger partial charge in [0.25, 0.3) is 11.8 Å². The van der Waals surface area contributed by atoms with Gasteiger partial charge in [0.05, 0.1) is 6.61 Å². The molecule has 6 heteroatoms. The van der Waals surface area contributed by atoms with Gasteiger partial charge in [-0.1, -0.05) is 37.3 Å². The number of benzene rings is 2. The Kier molecular flexibility index (Phi) is 6.54. The van der Waals surface area contributed by atoms with Gasteiger partial charge in [-0.15, -0.1) is 11.8 Å². The third-order valence-corrected chi connectivity index (χ3v) is 5.00. The maximum Gasteiger partial charge on any atom is 0.291 e. The average molecular weight is 382 g/mol. The molecular weight excluding hydrogens is 360 g/mol. The lowest BCUT2D eigenvalue weighted by atomic mass is 10.0. The van der Waals surface area contributed by atoms with Crippen LogP contribution in [0, 0.1) is 0 Å². The Bertz CT molecular complexity index is 819. The van der Waals surface area contributed by atoms with Gasteiger partial charge >= 0.3 is 0 Å². The normalized spacial score (nSPS) is 14.5. The van der Waals surface area contributed by atoms with Gasteiger partial charge in [-0.3, -0.25) is 9.59 Å². The number of nitrogens with one attached hydrogen (secondary N) is 2. The zero-order chi connectivity index (χ0) is 19.1. The molecule has 0 aliphatic carbocycles. The Morgan fingerprint density at radius 1 is 1.07 bits per heavy atom. The second-order valence-corrected chi connectivity index (χ2v) is 7.23. The fourth-order valence-electron chi connectivity index (χ4n) is 2.63. The highest BCUT2D eigenvalue weighted by Crippen LogP contribution is 2.18. The Hall–Kier alpha value is -2.73. The van der Waals surface area contributed by atoms with E-state index >= 15 is 0 Å². The zero-order valence-electron chi connectivity index (χ0n) is 15.1. The zero-order valence-corrected chi connectivity index (χ0v) is 15.9. The number of carbonyl (C=O) groups excluding carboxylic acids is 2. The highest BCUT2D eigenvalue weighted by molar-refractivity contribution is 8.02. The van der Waals surface area contributed by atoms with Crippen molar-refractivity contribution in [3.8, 4) is 0 Å². The Morgan fingerprint density at radius 3 is 2.48 bits per heavy atom. The standard InChI is InChI=1S/C21H22N2O3S/c1-15(16-5-3-2-4-6-16)13-22-20(24)17-7-9-18(10-8-17)23-21(25)19-14-27-12-11-26-19/h2-10,14-15H,11-13H2,1H3,(H,22,24)(H,23,25)/t15-/m0/s1. The minimum Gasteiger partial charge on any atom is -0.487 e. The summed E-state index contributed by atoms with van der Waals surface area (Å²) >= 11 is 1.55. The second-order valence-electron chi connectivity index (χ2n) is 6.25. The molecule has 0 fully saturated rings. The van der Waals surface area contributed by atoms with Crippen LogP contribution in [0.2, 0.25) is 0 Å². The number of thioether (sulfide) groups is 1. The smallest absolute Gasteiger partial charge is 0.291 e. The number of rotatable bonds is 6. The number of carbonyl (C=O) groups is 2. The molecule has 27 heavy (non-hydrogen) atoms. The van der Waals surface area contributed by atoms with Crippen molar-refractivity contribution in [1.29, 1.82) is 0 Å². The number of anilines is 1. The minimum atomic E-state index is -0.281. The molecule has 1 aliphatic rings. The van der Waals surface area contributed by atoms with Crippen LogP contribution in [-0.4, -0.2) is 30.7 Å². The predicted molar refractivity (Wildman–Crippen MR) is 109 cm³/mol. The van der Waals surface area contributed by atoms with Crippen molar-refractivity contribution in [2.75, 3.05) is 24.2 Å². The predicted octanol–water partition coefficient (Wildman–Crippen LogP) is 3.76. The van der Waals surface area contributed by atoms with Gasteiger partial charge in [0.2, 0.25) is 0 Å². The van der Waals surface area contributed by atoms with E-state index in [1.807, 2.05) is 18.2 Å². The molecule has 0 saturated heterocycles. The minimum absolute atomic E-state index is 0.134. The first kappa shape index (κ1) is 19.0. The van der Waals surface area contributed by atoms with Crippen LogP contribution in [0.3, 0.4) is 0 Å². The summed E-state index contributed by atoms with van der Waals surface area (Å²) in [6.07, 6.45) is 0. The van der Waals surface area contributed by atoms with Crippen LogP contribution in [0.15, 0.2) is 65.8 Å². The van der Waals surface area contributed by atoms with E-state index in [-0.39, 0.29) is 17.7 Å². The van der Waals surface area contributed by atoms with Crippen LogP contribution >= 0.6 is 11.8 Å². The van der Waals surface area contributed by atoms with Gasteiger partial charge in [0, 0.05) is 29.0 Å². The molecule has 3 rings (SSSR count). The summed E-state index contributed by atoms with van der Waals surface area (Å²) in [5.74, 6) is 0.989. The topological polar surface area (TPSA) is 67.4 Å². The number of hydrogen-bond donors (Lipinski definition) is 2. The molecule has 2 aromatic carbocycles. The van der Waals surface area contributed by atoms with Crippen molar-refractivity contribution < 1.29 is 14.3 Å². The maximum absolute atomic E-state index is 12.3. The molecular formula is C21H22N2O3S. The van der Waals surface area contributed by atoms with E-state index in [0.717, 1.165) is 5.75 Å². The van der Waals surface area contributed by atoms with Crippen LogP contribution in [0.5, 0.6) is 0 Å². The van der Waals surface area contributed by atoms with Gasteiger partial charge in [0.15, 0.2) is 5.76 Å². The van der Waals surface area contributed by atoms with Crippen molar-refractivity contribution in [2.45, 2.75) is 12.8 Å². The lowest BCUT2D eigenvalue weighted by molar-refractivity contribution is -0.116. The highest BCUT2D eigenvalue weighted by atomic mass is 32.2. The monoisotopic (exact) mass is 382 g/mol. The molecule has 140 valence electrons. The molecule has 1 heterocycles. The van der Waals surface area contributed by atoms with Crippen molar-refractivity contribution in [1.82, 2.24) is 5.32 Å². The van der Waals surface area contributed by atoms with Gasteiger partial charge < -0.3 is 15.4 Å². The summed E-state index contributed by atoms with van der Waals surface area (Å²) in [4.78, 5) is 24.4. The average Bonchev–Trinajstić information content (AvgIpc) is 2.73. The van der Waals surface area contributed by atoms with E-state index in [4.69, 9.17) is 4.74 Å². The number of amides is 2. The first-order chi connectivity index (χ1) is 13.1. The first-order valence-corrected chi connectivity index (χ1v) is 9.87. The Balaban J connectivity index is 1.52. The van der Waals surface area contributed by atoms with E-state index in [1.54, 1.807) is 41.4 Å². The van der Waals surface area contributed by atoms with E-state index in [2.05, 4.69) is 29.7 Å². The highest BCUT2D eigenvalue weighted by Gasteiger charge is 2.15. The quantitative estimate of drug-likeness (QED) is 0.798. The summed E-state index contributed by atoms with van der Waals surface area (Å²) in [7, 11) is 0. The Labute approximate surface area is 163 Å². The molecule has 1 aliphatic heterocycles. The molecule has 2 aromatic rings. The number of hydrogen-bond acceptors (Lipinski definition) is 4. The first-order valence-electron chi connectivity index (χ1n) is 8.82. The number of ether oxygens (including phenoxy) is 1. The van der Waals surface area contributed by atoms with Gasteiger partial charge in [-0.25, -0.2) is 0 Å². The summed E-state index contributed by atoms with van der Waals surface area (Å²) < 4.78 is 5.33. The van der Waals surface area contributed by atoms with Gasteiger partial charge in [-0.2, -0.15) is 0 Å².